The summed E-state index contributed by atoms with van der Waals surface area (Å²) < 4.78 is 27.8. The second kappa shape index (κ2) is 7.15. The fourth-order valence-corrected chi connectivity index (χ4v) is 3.07. The second-order valence-electron chi connectivity index (χ2n) is 6.22. The Morgan fingerprint density at radius 3 is 2.54 bits per heavy atom. The number of fused-ring (bicyclic) bond motifs is 1. The molecule has 0 saturated heterocycles. The minimum absolute atomic E-state index is 0.146. The number of aromatic amines is 1. The zero-order valence-electron chi connectivity index (χ0n) is 14.9. The molecule has 0 bridgehead atoms. The lowest BCUT2D eigenvalue weighted by Crippen LogP contribution is -2.22. The van der Waals surface area contributed by atoms with E-state index in [0.29, 0.717) is 22.7 Å². The van der Waals surface area contributed by atoms with E-state index in [1.165, 1.54) is 12.1 Å². The highest BCUT2D eigenvalue weighted by atomic mass is 19.2. The maximum atomic E-state index is 14.2. The molecule has 1 aromatic carbocycles. The summed E-state index contributed by atoms with van der Waals surface area (Å²) in [5, 5.41) is 0.396. The summed E-state index contributed by atoms with van der Waals surface area (Å²) >= 11 is 0. The third-order valence-electron chi connectivity index (χ3n) is 4.35. The van der Waals surface area contributed by atoms with E-state index < -0.39 is 17.2 Å². The van der Waals surface area contributed by atoms with Crippen LogP contribution in [0.4, 0.5) is 20.5 Å². The van der Waals surface area contributed by atoms with Crippen molar-refractivity contribution in [2.45, 2.75) is 13.5 Å². The van der Waals surface area contributed by atoms with Gasteiger partial charge in [-0.2, -0.15) is 0 Å². The van der Waals surface area contributed by atoms with Crippen molar-refractivity contribution in [2.24, 2.45) is 0 Å². The zero-order chi connectivity index (χ0) is 19.7. The van der Waals surface area contributed by atoms with Crippen LogP contribution >= 0.6 is 0 Å². The van der Waals surface area contributed by atoms with E-state index in [4.69, 9.17) is 0 Å². The summed E-state index contributed by atoms with van der Waals surface area (Å²) in [4.78, 5) is 29.1. The number of hydrogen-bond donors (Lipinski definition) is 1. The largest absolute Gasteiger partial charge is 0.319 e. The first-order valence-corrected chi connectivity index (χ1v) is 8.50. The van der Waals surface area contributed by atoms with Crippen LogP contribution in [-0.4, -0.2) is 19.9 Å². The lowest BCUT2D eigenvalue weighted by atomic mass is 10.1. The van der Waals surface area contributed by atoms with Crippen molar-refractivity contribution in [1.82, 2.24) is 19.9 Å². The minimum Gasteiger partial charge on any atom is -0.319 e. The van der Waals surface area contributed by atoms with Crippen molar-refractivity contribution in [2.75, 3.05) is 4.90 Å². The molecule has 0 fully saturated rings. The van der Waals surface area contributed by atoms with Gasteiger partial charge in [0.05, 0.1) is 12.1 Å². The number of rotatable bonds is 4. The Morgan fingerprint density at radius 1 is 1.04 bits per heavy atom. The van der Waals surface area contributed by atoms with Gasteiger partial charge in [-0.05, 0) is 42.3 Å². The van der Waals surface area contributed by atoms with E-state index in [9.17, 15) is 13.6 Å². The molecule has 0 radical (unpaired) electrons. The van der Waals surface area contributed by atoms with Crippen molar-refractivity contribution >= 4 is 22.7 Å². The van der Waals surface area contributed by atoms with E-state index in [1.807, 2.05) is 19.1 Å². The molecule has 8 heteroatoms. The summed E-state index contributed by atoms with van der Waals surface area (Å²) in [5.41, 5.74) is 0.671. The molecule has 0 aliphatic carbocycles. The van der Waals surface area contributed by atoms with Gasteiger partial charge in [0.2, 0.25) is 11.5 Å². The first-order valence-electron chi connectivity index (χ1n) is 8.50. The van der Waals surface area contributed by atoms with Gasteiger partial charge in [0, 0.05) is 30.0 Å². The molecule has 3 aromatic heterocycles. The molecule has 28 heavy (non-hydrogen) atoms. The number of aromatic nitrogens is 4. The summed E-state index contributed by atoms with van der Waals surface area (Å²) in [6, 6.07) is 9.22. The average molecular weight is 379 g/mol. The van der Waals surface area contributed by atoms with Crippen LogP contribution in [0.15, 0.2) is 59.8 Å². The number of nitrogens with one attached hydrogen (secondary N) is 1. The molecule has 0 saturated carbocycles. The standard InChI is InChI=1S/C20H15F2N5O/c1-12-4-2-7-23-19(12)27(20-24-8-3-9-25-20)11-13-10-16(28)26-18-14(13)5-6-15(21)17(18)22/h2-10H,11H2,1H3,(H,26,28). The number of halogens is 2. The van der Waals surface area contributed by atoms with Crippen LogP contribution in [0.5, 0.6) is 0 Å². The lowest BCUT2D eigenvalue weighted by Gasteiger charge is -2.23. The smallest absolute Gasteiger partial charge is 0.248 e. The predicted octanol–water partition coefficient (Wildman–Crippen LogP) is 3.64. The van der Waals surface area contributed by atoms with E-state index in [-0.39, 0.29) is 12.1 Å². The van der Waals surface area contributed by atoms with Gasteiger partial charge in [-0.25, -0.2) is 23.7 Å². The normalized spacial score (nSPS) is 11.0. The van der Waals surface area contributed by atoms with Crippen molar-refractivity contribution in [3.63, 3.8) is 0 Å². The predicted molar refractivity (Wildman–Crippen MR) is 101 cm³/mol. The summed E-state index contributed by atoms with van der Waals surface area (Å²) in [6.45, 7) is 2.04. The van der Waals surface area contributed by atoms with Crippen LogP contribution in [0.25, 0.3) is 10.9 Å². The molecular formula is C20H15F2N5O. The van der Waals surface area contributed by atoms with E-state index >= 15 is 0 Å². The molecule has 0 spiro atoms. The highest BCUT2D eigenvalue weighted by Crippen LogP contribution is 2.28. The number of aryl methyl sites for hydroxylation is 1. The topological polar surface area (TPSA) is 74.8 Å². The van der Waals surface area contributed by atoms with Crippen LogP contribution in [-0.2, 0) is 6.54 Å². The number of hydrogen-bond acceptors (Lipinski definition) is 5. The van der Waals surface area contributed by atoms with Crippen molar-refractivity contribution < 1.29 is 8.78 Å². The molecule has 0 unspecified atom stereocenters. The summed E-state index contributed by atoms with van der Waals surface area (Å²) in [7, 11) is 0. The molecule has 3 heterocycles. The van der Waals surface area contributed by atoms with Crippen molar-refractivity contribution in [3.8, 4) is 0 Å². The van der Waals surface area contributed by atoms with E-state index in [1.54, 1.807) is 29.6 Å². The van der Waals surface area contributed by atoms with Crippen LogP contribution in [0.3, 0.4) is 0 Å². The molecule has 0 amide bonds. The Hall–Kier alpha value is -3.68. The second-order valence-corrected chi connectivity index (χ2v) is 6.22. The van der Waals surface area contributed by atoms with Crippen LogP contribution in [0.1, 0.15) is 11.1 Å². The lowest BCUT2D eigenvalue weighted by molar-refractivity contribution is 0.515. The number of anilines is 2. The number of benzene rings is 1. The number of pyridine rings is 2. The molecule has 4 rings (SSSR count). The van der Waals surface area contributed by atoms with Gasteiger partial charge in [0.1, 0.15) is 5.82 Å². The van der Waals surface area contributed by atoms with Crippen molar-refractivity contribution in [3.05, 3.63) is 88.1 Å². The van der Waals surface area contributed by atoms with Crippen LogP contribution in [0.2, 0.25) is 0 Å². The summed E-state index contributed by atoms with van der Waals surface area (Å²) in [5.74, 6) is -1.14. The van der Waals surface area contributed by atoms with E-state index in [2.05, 4.69) is 19.9 Å². The summed E-state index contributed by atoms with van der Waals surface area (Å²) in [6.07, 6.45) is 4.83. The van der Waals surface area contributed by atoms with E-state index in [0.717, 1.165) is 11.6 Å². The maximum absolute atomic E-state index is 14.2. The Kier molecular flexibility index (Phi) is 4.52. The molecule has 6 nitrogen and oxygen atoms in total. The number of H-pyrrole nitrogens is 1. The molecule has 0 aliphatic rings. The molecular weight excluding hydrogens is 364 g/mol. The Labute approximate surface area is 158 Å². The molecule has 0 aliphatic heterocycles. The van der Waals surface area contributed by atoms with Crippen LogP contribution < -0.4 is 10.5 Å². The fourth-order valence-electron chi connectivity index (χ4n) is 3.07. The Balaban J connectivity index is 1.90. The van der Waals surface area contributed by atoms with Gasteiger partial charge in [-0.15, -0.1) is 0 Å². The monoisotopic (exact) mass is 379 g/mol. The molecule has 4 aromatic rings. The SMILES string of the molecule is Cc1cccnc1N(Cc1cc(=O)[nH]c2c(F)c(F)ccc12)c1ncccn1. The average Bonchev–Trinajstić information content (AvgIpc) is 2.70. The maximum Gasteiger partial charge on any atom is 0.248 e. The van der Waals surface area contributed by atoms with Gasteiger partial charge < -0.3 is 4.98 Å². The van der Waals surface area contributed by atoms with Gasteiger partial charge >= 0.3 is 0 Å². The molecule has 0 atom stereocenters. The van der Waals surface area contributed by atoms with Gasteiger partial charge in [-0.1, -0.05) is 6.07 Å². The third-order valence-corrected chi connectivity index (χ3v) is 4.35. The zero-order valence-corrected chi connectivity index (χ0v) is 14.9. The van der Waals surface area contributed by atoms with Crippen LogP contribution in [0, 0.1) is 18.6 Å². The van der Waals surface area contributed by atoms with Gasteiger partial charge in [-0.3, -0.25) is 9.69 Å². The first kappa shape index (κ1) is 17.7. The van der Waals surface area contributed by atoms with Crippen molar-refractivity contribution in [1.29, 1.82) is 0 Å². The third kappa shape index (κ3) is 3.20. The highest BCUT2D eigenvalue weighted by molar-refractivity contribution is 5.83. The first-order chi connectivity index (χ1) is 13.5. The highest BCUT2D eigenvalue weighted by Gasteiger charge is 2.19. The number of nitrogens with zero attached hydrogens (tertiary/aromatic N) is 4. The van der Waals surface area contributed by atoms with Gasteiger partial charge in [0.25, 0.3) is 0 Å². The molecule has 1 N–H and O–H groups in total. The quantitative estimate of drug-likeness (QED) is 0.586. The Bertz CT molecular complexity index is 1210. The Morgan fingerprint density at radius 2 is 1.79 bits per heavy atom. The fraction of sp³-hybridized carbons (Fsp3) is 0.100. The van der Waals surface area contributed by atoms with Gasteiger partial charge in [0.15, 0.2) is 11.6 Å². The molecule has 140 valence electrons. The minimum atomic E-state index is -1.09.